The van der Waals surface area contributed by atoms with E-state index in [0.29, 0.717) is 18.8 Å². The molecule has 0 radical (unpaired) electrons. The van der Waals surface area contributed by atoms with Crippen molar-refractivity contribution in [2.75, 3.05) is 31.3 Å². The molecule has 0 unspecified atom stereocenters. The predicted molar refractivity (Wildman–Crippen MR) is 67.2 cm³/mol. The number of nitrogen functional groups attached to an aromatic ring is 1. The fourth-order valence-corrected chi connectivity index (χ4v) is 2.07. The van der Waals surface area contributed by atoms with Crippen LogP contribution >= 0.6 is 0 Å². The zero-order chi connectivity index (χ0) is 12.9. The molecular formula is C10H17N3O3S. The van der Waals surface area contributed by atoms with Gasteiger partial charge in [0.2, 0.25) is 10.0 Å². The van der Waals surface area contributed by atoms with Crippen molar-refractivity contribution in [3.05, 3.63) is 18.2 Å². The smallest absolute Gasteiger partial charge is 0.240 e. The number of para-hydroxylation sites is 1. The van der Waals surface area contributed by atoms with Crippen LogP contribution in [0, 0.1) is 0 Å². The molecule has 6 nitrogen and oxygen atoms in total. The second-order valence-corrected chi connectivity index (χ2v) is 5.07. The van der Waals surface area contributed by atoms with E-state index in [9.17, 15) is 8.42 Å². The Labute approximate surface area is 101 Å². The molecule has 0 aliphatic carbocycles. The molecule has 0 aromatic heterocycles. The van der Waals surface area contributed by atoms with Crippen LogP contribution in [0.5, 0.6) is 0 Å². The van der Waals surface area contributed by atoms with Crippen molar-refractivity contribution in [2.24, 2.45) is 5.14 Å². The summed E-state index contributed by atoms with van der Waals surface area (Å²) in [5.41, 5.74) is 6.44. The Hall–Kier alpha value is -1.31. The van der Waals surface area contributed by atoms with Gasteiger partial charge in [0.1, 0.15) is 4.90 Å². The van der Waals surface area contributed by atoms with Gasteiger partial charge >= 0.3 is 0 Å². The summed E-state index contributed by atoms with van der Waals surface area (Å²) >= 11 is 0. The molecule has 5 N–H and O–H groups in total. The van der Waals surface area contributed by atoms with Gasteiger partial charge in [-0.2, -0.15) is 0 Å². The lowest BCUT2D eigenvalue weighted by atomic mass is 10.2. The first-order valence-corrected chi connectivity index (χ1v) is 6.65. The fraction of sp³-hybridized carbons (Fsp3) is 0.400. The maximum absolute atomic E-state index is 11.2. The molecule has 0 heterocycles. The number of sulfonamides is 1. The van der Waals surface area contributed by atoms with Gasteiger partial charge in [-0.05, 0) is 18.6 Å². The molecule has 1 aromatic rings. The quantitative estimate of drug-likeness (QED) is 0.505. The van der Waals surface area contributed by atoms with E-state index < -0.39 is 10.0 Å². The SMILES string of the molecule is COCCCNc1cccc(S(N)(=O)=O)c1N. The van der Waals surface area contributed by atoms with E-state index in [4.69, 9.17) is 15.6 Å². The third-order valence-electron chi connectivity index (χ3n) is 2.21. The predicted octanol–water partition coefficient (Wildman–Crippen LogP) is 0.365. The van der Waals surface area contributed by atoms with E-state index in [1.165, 1.54) is 6.07 Å². The number of nitrogens with one attached hydrogen (secondary N) is 1. The van der Waals surface area contributed by atoms with Gasteiger partial charge in [-0.1, -0.05) is 6.07 Å². The molecule has 1 aromatic carbocycles. The van der Waals surface area contributed by atoms with Gasteiger partial charge in [-0.3, -0.25) is 0 Å². The first kappa shape index (κ1) is 13.8. The molecule has 0 bridgehead atoms. The van der Waals surface area contributed by atoms with Gasteiger partial charge in [-0.25, -0.2) is 13.6 Å². The van der Waals surface area contributed by atoms with E-state index in [2.05, 4.69) is 5.32 Å². The van der Waals surface area contributed by atoms with E-state index in [0.717, 1.165) is 6.42 Å². The first-order chi connectivity index (χ1) is 7.96. The average molecular weight is 259 g/mol. The number of methoxy groups -OCH3 is 1. The Morgan fingerprint density at radius 3 is 2.71 bits per heavy atom. The van der Waals surface area contributed by atoms with Gasteiger partial charge in [0, 0.05) is 20.3 Å². The van der Waals surface area contributed by atoms with Crippen LogP contribution in [0.3, 0.4) is 0 Å². The monoisotopic (exact) mass is 259 g/mol. The summed E-state index contributed by atoms with van der Waals surface area (Å²) in [4.78, 5) is -0.0609. The molecule has 1 rings (SSSR count). The summed E-state index contributed by atoms with van der Waals surface area (Å²) in [6.07, 6.45) is 0.801. The van der Waals surface area contributed by atoms with Crippen LogP contribution in [-0.4, -0.2) is 28.7 Å². The molecular weight excluding hydrogens is 242 g/mol. The topological polar surface area (TPSA) is 107 Å². The number of primary sulfonamides is 1. The molecule has 0 saturated carbocycles. The number of anilines is 2. The van der Waals surface area contributed by atoms with Gasteiger partial charge in [0.15, 0.2) is 0 Å². The minimum Gasteiger partial charge on any atom is -0.396 e. The fourth-order valence-electron chi connectivity index (χ4n) is 1.39. The number of hydrogen-bond donors (Lipinski definition) is 3. The Bertz CT molecular complexity index is 474. The minimum absolute atomic E-state index is 0.0609. The van der Waals surface area contributed by atoms with Crippen molar-refractivity contribution in [3.63, 3.8) is 0 Å². The number of rotatable bonds is 6. The molecule has 17 heavy (non-hydrogen) atoms. The second-order valence-electron chi connectivity index (χ2n) is 3.54. The van der Waals surface area contributed by atoms with Crippen molar-refractivity contribution in [1.29, 1.82) is 0 Å². The lowest BCUT2D eigenvalue weighted by Crippen LogP contribution is -2.16. The second kappa shape index (κ2) is 5.85. The zero-order valence-corrected chi connectivity index (χ0v) is 10.5. The number of benzene rings is 1. The summed E-state index contributed by atoms with van der Waals surface area (Å²) in [6, 6.07) is 4.68. The Morgan fingerprint density at radius 1 is 1.41 bits per heavy atom. The number of ether oxygens (including phenoxy) is 1. The highest BCUT2D eigenvalue weighted by Crippen LogP contribution is 2.25. The summed E-state index contributed by atoms with van der Waals surface area (Å²) in [5.74, 6) is 0. The van der Waals surface area contributed by atoms with Crippen molar-refractivity contribution in [1.82, 2.24) is 0 Å². The van der Waals surface area contributed by atoms with Crippen molar-refractivity contribution < 1.29 is 13.2 Å². The largest absolute Gasteiger partial charge is 0.396 e. The lowest BCUT2D eigenvalue weighted by molar-refractivity contribution is 0.198. The van der Waals surface area contributed by atoms with E-state index in [-0.39, 0.29) is 10.6 Å². The molecule has 0 spiro atoms. The normalized spacial score (nSPS) is 11.4. The van der Waals surface area contributed by atoms with Crippen LogP contribution in [0.1, 0.15) is 6.42 Å². The highest BCUT2D eigenvalue weighted by Gasteiger charge is 2.14. The van der Waals surface area contributed by atoms with E-state index in [1.54, 1.807) is 19.2 Å². The molecule has 0 aliphatic heterocycles. The van der Waals surface area contributed by atoms with Crippen LogP contribution < -0.4 is 16.2 Å². The number of hydrogen-bond acceptors (Lipinski definition) is 5. The standard InChI is InChI=1S/C10H17N3O3S/c1-16-7-3-6-13-8-4-2-5-9(10(8)11)17(12,14)15/h2,4-5,13H,3,6-7,11H2,1H3,(H2,12,14,15). The molecule has 0 atom stereocenters. The van der Waals surface area contributed by atoms with Gasteiger partial charge in [-0.15, -0.1) is 0 Å². The molecule has 96 valence electrons. The molecule has 0 amide bonds. The van der Waals surface area contributed by atoms with Gasteiger partial charge in [0.05, 0.1) is 11.4 Å². The maximum atomic E-state index is 11.2. The van der Waals surface area contributed by atoms with Crippen LogP contribution in [0.2, 0.25) is 0 Å². The first-order valence-electron chi connectivity index (χ1n) is 5.11. The summed E-state index contributed by atoms with van der Waals surface area (Å²) in [6.45, 7) is 1.27. The molecule has 0 aliphatic rings. The minimum atomic E-state index is -3.78. The summed E-state index contributed by atoms with van der Waals surface area (Å²) < 4.78 is 27.4. The van der Waals surface area contributed by atoms with Crippen LogP contribution in [0.4, 0.5) is 11.4 Å². The van der Waals surface area contributed by atoms with Gasteiger partial charge in [0.25, 0.3) is 0 Å². The van der Waals surface area contributed by atoms with Crippen molar-refractivity contribution in [3.8, 4) is 0 Å². The van der Waals surface area contributed by atoms with Crippen molar-refractivity contribution >= 4 is 21.4 Å². The summed E-state index contributed by atoms with van der Waals surface area (Å²) in [7, 11) is -2.16. The highest BCUT2D eigenvalue weighted by atomic mass is 32.2. The third-order valence-corrected chi connectivity index (χ3v) is 3.18. The van der Waals surface area contributed by atoms with E-state index >= 15 is 0 Å². The molecule has 7 heteroatoms. The average Bonchev–Trinajstić information content (AvgIpc) is 2.25. The Kier molecular flexibility index (Phi) is 4.73. The van der Waals surface area contributed by atoms with Crippen LogP contribution in [0.15, 0.2) is 23.1 Å². The van der Waals surface area contributed by atoms with E-state index in [1.807, 2.05) is 0 Å². The molecule has 0 fully saturated rings. The Balaban J connectivity index is 2.81. The number of nitrogens with two attached hydrogens (primary N) is 2. The molecule has 0 saturated heterocycles. The summed E-state index contributed by atoms with van der Waals surface area (Å²) in [5, 5.41) is 8.08. The Morgan fingerprint density at radius 2 is 2.12 bits per heavy atom. The maximum Gasteiger partial charge on any atom is 0.240 e. The van der Waals surface area contributed by atoms with Crippen LogP contribution in [-0.2, 0) is 14.8 Å². The van der Waals surface area contributed by atoms with Gasteiger partial charge < -0.3 is 15.8 Å². The zero-order valence-electron chi connectivity index (χ0n) is 9.64. The van der Waals surface area contributed by atoms with Crippen LogP contribution in [0.25, 0.3) is 0 Å². The van der Waals surface area contributed by atoms with Crippen molar-refractivity contribution in [2.45, 2.75) is 11.3 Å². The third kappa shape index (κ3) is 3.88. The highest BCUT2D eigenvalue weighted by molar-refractivity contribution is 7.89. The lowest BCUT2D eigenvalue weighted by Gasteiger charge is -2.11.